The third-order valence-corrected chi connectivity index (χ3v) is 12.1. The summed E-state index contributed by atoms with van der Waals surface area (Å²) in [6.45, 7) is 12.4. The van der Waals surface area contributed by atoms with Gasteiger partial charge in [0.25, 0.3) is 5.69 Å². The van der Waals surface area contributed by atoms with Crippen LogP contribution in [0.2, 0.25) is 0 Å². The topological polar surface area (TPSA) is 133 Å². The highest BCUT2D eigenvalue weighted by Crippen LogP contribution is 2.67. The lowest BCUT2D eigenvalue weighted by molar-refractivity contribution is -0.384. The SMILES string of the molecule is CC1=C(C(=O)OCCNc2ccccc2Cc2ccccc2)C(c2cccc([N+](=O)[O-])c2)C(P2(=O)OCC(C)(C)CO2)=C(C)N1CCN1CCOCC1. The van der Waals surface area contributed by atoms with E-state index in [-0.39, 0.29) is 36.5 Å². The van der Waals surface area contributed by atoms with Crippen molar-refractivity contribution in [1.82, 2.24) is 9.80 Å². The number of rotatable bonds is 13. The normalized spacial score (nSPS) is 20.3. The van der Waals surface area contributed by atoms with E-state index in [1.54, 1.807) is 12.1 Å². The fourth-order valence-corrected chi connectivity index (χ4v) is 9.57. The largest absolute Gasteiger partial charge is 0.460 e. The van der Waals surface area contributed by atoms with E-state index in [1.165, 1.54) is 17.7 Å². The van der Waals surface area contributed by atoms with Crippen molar-refractivity contribution in [3.8, 4) is 0 Å². The Balaban J connectivity index is 1.32. The Morgan fingerprint density at radius 2 is 1.66 bits per heavy atom. The van der Waals surface area contributed by atoms with Crippen LogP contribution in [0.3, 0.4) is 0 Å². The zero-order chi connectivity index (χ0) is 37.6. The first kappa shape index (κ1) is 38.4. The Morgan fingerprint density at radius 3 is 2.38 bits per heavy atom. The van der Waals surface area contributed by atoms with Crippen LogP contribution in [0.15, 0.2) is 101 Å². The van der Waals surface area contributed by atoms with E-state index >= 15 is 0 Å². The molecular weight excluding hydrogens is 695 g/mol. The molecule has 0 saturated carbocycles. The second-order valence-electron chi connectivity index (χ2n) is 14.5. The molecule has 1 N–H and O–H groups in total. The Morgan fingerprint density at radius 1 is 0.962 bits per heavy atom. The van der Waals surface area contributed by atoms with E-state index in [0.717, 1.165) is 30.8 Å². The summed E-state index contributed by atoms with van der Waals surface area (Å²) in [6.07, 6.45) is 0.747. The summed E-state index contributed by atoms with van der Waals surface area (Å²) < 4.78 is 38.7. The lowest BCUT2D eigenvalue weighted by atomic mass is 9.85. The van der Waals surface area contributed by atoms with Crippen LogP contribution in [0, 0.1) is 15.5 Å². The monoisotopic (exact) mass is 744 g/mol. The van der Waals surface area contributed by atoms with Gasteiger partial charge in [0.05, 0.1) is 48.2 Å². The number of nitrogens with zero attached hydrogens (tertiary/aromatic N) is 3. The van der Waals surface area contributed by atoms with Gasteiger partial charge in [0.2, 0.25) is 0 Å². The van der Waals surface area contributed by atoms with Crippen molar-refractivity contribution in [3.63, 3.8) is 0 Å². The number of para-hydroxylation sites is 1. The molecule has 3 aromatic carbocycles. The number of non-ortho nitro benzene ring substituents is 1. The molecule has 3 aliphatic rings. The first-order chi connectivity index (χ1) is 25.5. The molecule has 0 aliphatic carbocycles. The predicted octanol–water partition coefficient (Wildman–Crippen LogP) is 7.34. The van der Waals surface area contributed by atoms with Crippen LogP contribution in [0.1, 0.15) is 50.3 Å². The number of hydrogen-bond acceptors (Lipinski definition) is 11. The molecule has 0 bridgehead atoms. The zero-order valence-electron chi connectivity index (χ0n) is 30.9. The lowest BCUT2D eigenvalue weighted by Gasteiger charge is -2.43. The van der Waals surface area contributed by atoms with Gasteiger partial charge >= 0.3 is 13.6 Å². The first-order valence-electron chi connectivity index (χ1n) is 18.1. The van der Waals surface area contributed by atoms with Crippen LogP contribution in [0.25, 0.3) is 0 Å². The summed E-state index contributed by atoms with van der Waals surface area (Å²) in [4.78, 5) is 30.2. The van der Waals surface area contributed by atoms with Gasteiger partial charge < -0.3 is 28.7 Å². The molecule has 282 valence electrons. The van der Waals surface area contributed by atoms with Crippen molar-refractivity contribution >= 4 is 24.9 Å². The molecule has 13 heteroatoms. The highest BCUT2D eigenvalue weighted by Gasteiger charge is 2.49. The number of anilines is 1. The number of hydrogen-bond donors (Lipinski definition) is 1. The zero-order valence-corrected chi connectivity index (χ0v) is 31.8. The van der Waals surface area contributed by atoms with Crippen LogP contribution in [0.4, 0.5) is 11.4 Å². The molecular formula is C40H49N4O8P. The minimum atomic E-state index is -4.01. The van der Waals surface area contributed by atoms with Gasteiger partial charge in [-0.3, -0.25) is 19.6 Å². The van der Waals surface area contributed by atoms with Crippen molar-refractivity contribution < 1.29 is 32.8 Å². The summed E-state index contributed by atoms with van der Waals surface area (Å²) in [5.74, 6) is -1.59. The molecule has 0 amide bonds. The first-order valence-corrected chi connectivity index (χ1v) is 19.7. The number of nitro benzene ring substituents is 1. The van der Waals surface area contributed by atoms with E-state index in [2.05, 4.69) is 28.4 Å². The highest BCUT2D eigenvalue weighted by atomic mass is 31.2. The molecule has 6 rings (SSSR count). The van der Waals surface area contributed by atoms with Crippen LogP contribution in [-0.4, -0.2) is 86.5 Å². The molecule has 1 atom stereocenters. The van der Waals surface area contributed by atoms with Crippen molar-refractivity contribution in [2.24, 2.45) is 5.41 Å². The smallest absolute Gasteiger partial charge is 0.360 e. The Bertz CT molecular complexity index is 1890. The number of carbonyl (C=O) groups is 1. The maximum absolute atomic E-state index is 14.9. The Hall–Kier alpha value is -4.32. The average Bonchev–Trinajstić information content (AvgIpc) is 3.16. The van der Waals surface area contributed by atoms with E-state index in [1.807, 2.05) is 69.0 Å². The van der Waals surface area contributed by atoms with Gasteiger partial charge in [-0.2, -0.15) is 0 Å². The van der Waals surface area contributed by atoms with Crippen LogP contribution >= 0.6 is 7.60 Å². The molecule has 1 unspecified atom stereocenters. The third-order valence-electron chi connectivity index (χ3n) is 9.96. The number of allylic oxidation sites excluding steroid dienone is 3. The Kier molecular flexibility index (Phi) is 12.2. The van der Waals surface area contributed by atoms with Gasteiger partial charge in [0.1, 0.15) is 6.61 Å². The van der Waals surface area contributed by atoms with Crippen LogP contribution in [0.5, 0.6) is 0 Å². The van der Waals surface area contributed by atoms with Gasteiger partial charge in [-0.15, -0.1) is 0 Å². The van der Waals surface area contributed by atoms with Crippen LogP contribution in [-0.2, 0) is 34.3 Å². The predicted molar refractivity (Wildman–Crippen MR) is 204 cm³/mol. The summed E-state index contributed by atoms with van der Waals surface area (Å²) in [7, 11) is -4.01. The van der Waals surface area contributed by atoms with Gasteiger partial charge in [0.15, 0.2) is 0 Å². The van der Waals surface area contributed by atoms with Crippen LogP contribution < -0.4 is 5.32 Å². The molecule has 2 saturated heterocycles. The Labute approximate surface area is 311 Å². The number of morpholine rings is 1. The standard InChI is InChI=1S/C40H49N4O8P/c1-29-36(39(45)50-22-17-41-35-16-9-8-13-32(35)25-31-11-6-5-7-12-31)37(33-14-10-15-34(26-33)44(46)47)38(53(48)51-27-40(3,4)28-52-53)30(2)43(29)19-18-42-20-23-49-24-21-42/h5-16,26,37,41H,17-25,27-28H2,1-4H3. The molecule has 3 heterocycles. The van der Waals surface area contributed by atoms with Gasteiger partial charge in [-0.25, -0.2) is 4.79 Å². The minimum Gasteiger partial charge on any atom is -0.460 e. The van der Waals surface area contributed by atoms with E-state index < -0.39 is 24.4 Å². The molecule has 0 spiro atoms. The summed E-state index contributed by atoms with van der Waals surface area (Å²) in [5.41, 5.74) is 4.62. The second kappa shape index (κ2) is 16.8. The van der Waals surface area contributed by atoms with Crippen molar-refractivity contribution in [3.05, 3.63) is 128 Å². The van der Waals surface area contributed by atoms with Crippen molar-refractivity contribution in [2.75, 3.05) is 71.1 Å². The second-order valence-corrected chi connectivity index (χ2v) is 16.4. The third kappa shape index (κ3) is 9.08. The molecule has 0 aromatic heterocycles. The van der Waals surface area contributed by atoms with E-state index in [4.69, 9.17) is 18.5 Å². The molecule has 2 fully saturated rings. The van der Waals surface area contributed by atoms with Crippen molar-refractivity contribution in [2.45, 2.75) is 40.0 Å². The lowest BCUT2D eigenvalue weighted by Crippen LogP contribution is -2.42. The average molecular weight is 745 g/mol. The van der Waals surface area contributed by atoms with E-state index in [0.29, 0.717) is 55.1 Å². The summed E-state index contributed by atoms with van der Waals surface area (Å²) >= 11 is 0. The number of nitrogens with one attached hydrogen (secondary N) is 1. The maximum atomic E-state index is 14.9. The quantitative estimate of drug-likeness (QED) is 0.0620. The summed E-state index contributed by atoms with van der Waals surface area (Å²) in [6, 6.07) is 24.3. The number of esters is 1. The summed E-state index contributed by atoms with van der Waals surface area (Å²) in [5, 5.41) is 15.7. The van der Waals surface area contributed by atoms with E-state index in [9.17, 15) is 19.5 Å². The molecule has 53 heavy (non-hydrogen) atoms. The minimum absolute atomic E-state index is 0.0433. The maximum Gasteiger partial charge on any atom is 0.360 e. The fourth-order valence-electron chi connectivity index (χ4n) is 7.06. The number of carbonyl (C=O) groups excluding carboxylic acids is 1. The number of nitro groups is 1. The van der Waals surface area contributed by atoms with Gasteiger partial charge in [-0.1, -0.05) is 74.5 Å². The molecule has 12 nitrogen and oxygen atoms in total. The molecule has 0 radical (unpaired) electrons. The van der Waals surface area contributed by atoms with Gasteiger partial charge in [-0.05, 0) is 43.0 Å². The molecule has 3 aliphatic heterocycles. The fraction of sp³-hybridized carbons (Fsp3) is 0.425. The molecule has 3 aromatic rings. The van der Waals surface area contributed by atoms with Crippen molar-refractivity contribution in [1.29, 1.82) is 0 Å². The number of benzene rings is 3. The van der Waals surface area contributed by atoms with Gasteiger partial charge in [0, 0.05) is 67.4 Å². The highest BCUT2D eigenvalue weighted by molar-refractivity contribution is 7.58. The number of ether oxygens (including phenoxy) is 2.